The first-order valence-corrected chi connectivity index (χ1v) is 9.64. The highest BCUT2D eigenvalue weighted by molar-refractivity contribution is 5.92. The van der Waals surface area contributed by atoms with Crippen LogP contribution in [0, 0.1) is 0 Å². The summed E-state index contributed by atoms with van der Waals surface area (Å²) < 4.78 is 1.81. The molecule has 4 aromatic rings. The van der Waals surface area contributed by atoms with E-state index in [1.54, 1.807) is 10.9 Å². The van der Waals surface area contributed by atoms with Gasteiger partial charge in [-0.1, -0.05) is 30.3 Å². The van der Waals surface area contributed by atoms with Crippen molar-refractivity contribution in [3.63, 3.8) is 0 Å². The minimum absolute atomic E-state index is 0.100. The zero-order valence-electron chi connectivity index (χ0n) is 16.1. The Balaban J connectivity index is 1.42. The van der Waals surface area contributed by atoms with Crippen LogP contribution in [-0.2, 0) is 13.6 Å². The Morgan fingerprint density at radius 2 is 2.03 bits per heavy atom. The van der Waals surface area contributed by atoms with Gasteiger partial charge < -0.3 is 10.2 Å². The van der Waals surface area contributed by atoms with Crippen LogP contribution in [0.1, 0.15) is 22.6 Å². The molecule has 1 N–H and O–H groups in total. The second-order valence-electron chi connectivity index (χ2n) is 7.42. The largest absolute Gasteiger partial charge is 0.322 e. The lowest BCUT2D eigenvalue weighted by molar-refractivity contribution is 0.203. The fourth-order valence-electron chi connectivity index (χ4n) is 4.02. The minimum Gasteiger partial charge on any atom is -0.319 e. The molecule has 1 aliphatic rings. The molecule has 29 heavy (non-hydrogen) atoms. The molecule has 2 aromatic heterocycles. The van der Waals surface area contributed by atoms with Crippen molar-refractivity contribution in [2.24, 2.45) is 7.05 Å². The van der Waals surface area contributed by atoms with Gasteiger partial charge in [0.2, 0.25) is 0 Å². The van der Waals surface area contributed by atoms with E-state index in [2.05, 4.69) is 33.6 Å². The number of hydrogen-bond donors (Lipinski definition) is 1. The molecular formula is C23H21N5O. The molecule has 0 spiro atoms. The van der Waals surface area contributed by atoms with Gasteiger partial charge in [-0.3, -0.25) is 9.67 Å². The number of nitrogens with one attached hydrogen (secondary N) is 1. The highest BCUT2D eigenvalue weighted by Gasteiger charge is 2.29. The molecule has 0 saturated carbocycles. The van der Waals surface area contributed by atoms with Gasteiger partial charge in [-0.15, -0.1) is 0 Å². The molecule has 0 aliphatic carbocycles. The quantitative estimate of drug-likeness (QED) is 0.566. The summed E-state index contributed by atoms with van der Waals surface area (Å²) in [5.41, 5.74) is 5.24. The van der Waals surface area contributed by atoms with E-state index in [1.807, 2.05) is 60.7 Å². The summed E-state index contributed by atoms with van der Waals surface area (Å²) in [4.78, 5) is 19.3. The number of benzene rings is 2. The Labute approximate surface area is 168 Å². The molecule has 2 amide bonds. The second-order valence-corrected chi connectivity index (χ2v) is 7.42. The Hall–Kier alpha value is -3.67. The van der Waals surface area contributed by atoms with Gasteiger partial charge in [-0.05, 0) is 41.0 Å². The van der Waals surface area contributed by atoms with E-state index < -0.39 is 0 Å². The zero-order chi connectivity index (χ0) is 19.8. The van der Waals surface area contributed by atoms with Gasteiger partial charge in [0.25, 0.3) is 0 Å². The summed E-state index contributed by atoms with van der Waals surface area (Å²) >= 11 is 0. The molecule has 0 saturated heterocycles. The number of nitrogens with zero attached hydrogens (tertiary/aromatic N) is 4. The highest BCUT2D eigenvalue weighted by atomic mass is 16.2. The second kappa shape index (κ2) is 7.05. The predicted molar refractivity (Wildman–Crippen MR) is 113 cm³/mol. The topological polar surface area (TPSA) is 63.1 Å². The van der Waals surface area contributed by atoms with Crippen molar-refractivity contribution in [2.75, 3.05) is 11.9 Å². The third-order valence-corrected chi connectivity index (χ3v) is 5.46. The van der Waals surface area contributed by atoms with Gasteiger partial charge in [0.1, 0.15) is 0 Å². The van der Waals surface area contributed by atoms with Crippen molar-refractivity contribution >= 4 is 22.6 Å². The summed E-state index contributed by atoms with van der Waals surface area (Å²) in [7, 11) is 1.91. The minimum atomic E-state index is -0.100. The summed E-state index contributed by atoms with van der Waals surface area (Å²) in [5, 5.41) is 8.38. The number of aryl methyl sites for hydroxylation is 1. The number of hydrogen-bond acceptors (Lipinski definition) is 3. The lowest BCUT2D eigenvalue weighted by Crippen LogP contribution is -2.41. The van der Waals surface area contributed by atoms with E-state index in [4.69, 9.17) is 0 Å². The molecule has 3 heterocycles. The fraction of sp³-hybridized carbons (Fsp3) is 0.174. The standard InChI is InChI=1S/C23H21N5O/c1-27-13-18(12-25-27)21-15-28(14-17-5-2-3-7-20(17)21)23(29)26-19-8-9-22-16(11-19)6-4-10-24-22/h2-13,21H,14-15H2,1H3,(H,26,29). The molecule has 0 radical (unpaired) electrons. The van der Waals surface area contributed by atoms with E-state index in [1.165, 1.54) is 11.1 Å². The van der Waals surface area contributed by atoms with Gasteiger partial charge in [0.05, 0.1) is 11.7 Å². The van der Waals surface area contributed by atoms with Crippen molar-refractivity contribution in [1.29, 1.82) is 0 Å². The van der Waals surface area contributed by atoms with E-state index in [9.17, 15) is 4.79 Å². The first kappa shape index (κ1) is 17.4. The lowest BCUT2D eigenvalue weighted by Gasteiger charge is -2.34. The monoisotopic (exact) mass is 383 g/mol. The summed E-state index contributed by atoms with van der Waals surface area (Å²) in [5.74, 6) is 0.111. The van der Waals surface area contributed by atoms with Crippen LogP contribution in [0.4, 0.5) is 10.5 Å². The Morgan fingerprint density at radius 3 is 2.90 bits per heavy atom. The zero-order valence-corrected chi connectivity index (χ0v) is 16.1. The van der Waals surface area contributed by atoms with Crippen LogP contribution in [0.3, 0.4) is 0 Å². The molecule has 1 atom stereocenters. The molecule has 2 aromatic carbocycles. The fourth-order valence-corrected chi connectivity index (χ4v) is 4.02. The van der Waals surface area contributed by atoms with Crippen LogP contribution in [0.15, 0.2) is 73.2 Å². The van der Waals surface area contributed by atoms with Gasteiger partial charge in [-0.25, -0.2) is 4.79 Å². The van der Waals surface area contributed by atoms with Crippen LogP contribution in [0.25, 0.3) is 10.9 Å². The SMILES string of the molecule is Cn1cc(C2CN(C(=O)Nc3ccc4ncccc4c3)Cc3ccccc32)cn1. The van der Waals surface area contributed by atoms with Crippen molar-refractivity contribution in [1.82, 2.24) is 19.7 Å². The van der Waals surface area contributed by atoms with Gasteiger partial charge in [-0.2, -0.15) is 5.10 Å². The molecule has 1 aliphatic heterocycles. The summed E-state index contributed by atoms with van der Waals surface area (Å²) in [6.45, 7) is 1.21. The number of carbonyl (C=O) groups excluding carboxylic acids is 1. The number of urea groups is 1. The number of amides is 2. The Bertz CT molecular complexity index is 1200. The smallest absolute Gasteiger partial charge is 0.319 e. The van der Waals surface area contributed by atoms with Crippen molar-refractivity contribution in [2.45, 2.75) is 12.5 Å². The third kappa shape index (κ3) is 3.33. The number of carbonyl (C=O) groups is 1. The molecule has 6 nitrogen and oxygen atoms in total. The first-order valence-electron chi connectivity index (χ1n) is 9.64. The van der Waals surface area contributed by atoms with E-state index in [-0.39, 0.29) is 11.9 Å². The average Bonchev–Trinajstić information content (AvgIpc) is 3.19. The molecular weight excluding hydrogens is 362 g/mol. The van der Waals surface area contributed by atoms with Gasteiger partial charge in [0, 0.05) is 49.5 Å². The van der Waals surface area contributed by atoms with Crippen molar-refractivity contribution in [3.05, 3.63) is 89.9 Å². The lowest BCUT2D eigenvalue weighted by atomic mass is 9.86. The normalized spacial score (nSPS) is 15.9. The molecule has 144 valence electrons. The van der Waals surface area contributed by atoms with Gasteiger partial charge in [0.15, 0.2) is 0 Å². The number of rotatable bonds is 2. The summed E-state index contributed by atoms with van der Waals surface area (Å²) in [6.07, 6.45) is 5.68. The molecule has 0 fully saturated rings. The Kier molecular flexibility index (Phi) is 4.24. The number of pyridine rings is 1. The van der Waals surface area contributed by atoms with Crippen LogP contribution in [0.5, 0.6) is 0 Å². The highest BCUT2D eigenvalue weighted by Crippen LogP contribution is 2.33. The predicted octanol–water partition coefficient (Wildman–Crippen LogP) is 4.15. The molecule has 1 unspecified atom stereocenters. The average molecular weight is 383 g/mol. The maximum Gasteiger partial charge on any atom is 0.322 e. The van der Waals surface area contributed by atoms with Crippen LogP contribution >= 0.6 is 0 Å². The summed E-state index contributed by atoms with van der Waals surface area (Å²) in [6, 6.07) is 17.9. The maximum absolute atomic E-state index is 13.1. The van der Waals surface area contributed by atoms with Crippen LogP contribution in [0.2, 0.25) is 0 Å². The van der Waals surface area contributed by atoms with Gasteiger partial charge >= 0.3 is 6.03 Å². The third-order valence-electron chi connectivity index (χ3n) is 5.46. The van der Waals surface area contributed by atoms with Crippen LogP contribution < -0.4 is 5.32 Å². The van der Waals surface area contributed by atoms with Crippen molar-refractivity contribution < 1.29 is 4.79 Å². The number of aromatic nitrogens is 3. The van der Waals surface area contributed by atoms with E-state index >= 15 is 0 Å². The maximum atomic E-state index is 13.1. The van der Waals surface area contributed by atoms with E-state index in [0.717, 1.165) is 22.2 Å². The van der Waals surface area contributed by atoms with E-state index in [0.29, 0.717) is 13.1 Å². The first-order chi connectivity index (χ1) is 14.2. The van der Waals surface area contributed by atoms with Crippen LogP contribution in [-0.4, -0.2) is 32.2 Å². The number of anilines is 1. The Morgan fingerprint density at radius 1 is 1.14 bits per heavy atom. The van der Waals surface area contributed by atoms with Crippen molar-refractivity contribution in [3.8, 4) is 0 Å². The molecule has 6 heteroatoms. The molecule has 0 bridgehead atoms. The number of fused-ring (bicyclic) bond motifs is 2. The molecule has 5 rings (SSSR count).